The molecule has 37 heavy (non-hydrogen) atoms. The van der Waals surface area contributed by atoms with Crippen LogP contribution in [0.15, 0.2) is 55.1 Å². The van der Waals surface area contributed by atoms with Gasteiger partial charge in [-0.25, -0.2) is 8.78 Å². The molecule has 1 aliphatic rings. The lowest BCUT2D eigenvalue weighted by Crippen LogP contribution is -2.61. The Morgan fingerprint density at radius 1 is 1.14 bits per heavy atom. The number of benzene rings is 2. The van der Waals surface area contributed by atoms with Crippen LogP contribution in [-0.2, 0) is 31.4 Å². The SMILES string of the molecule is C[C@@H](N1CC[n+]2[nH]c(-c3ccc(C(F)(F)F)cc3)nc2C1)[C@](O)(C[n+]1cnc[nH]1)c1ccc(F)cc1F. The van der Waals surface area contributed by atoms with Gasteiger partial charge in [-0.15, -0.1) is 0 Å². The highest BCUT2D eigenvalue weighted by atomic mass is 19.4. The molecule has 0 aliphatic carbocycles. The predicted octanol–water partition coefficient (Wildman–Crippen LogP) is 2.46. The number of alkyl halides is 3. The molecule has 0 saturated carbocycles. The number of aromatic nitrogens is 6. The summed E-state index contributed by atoms with van der Waals surface area (Å²) in [5.74, 6) is -0.613. The van der Waals surface area contributed by atoms with E-state index in [0.29, 0.717) is 30.3 Å². The smallest absolute Gasteiger partial charge is 0.379 e. The van der Waals surface area contributed by atoms with E-state index >= 15 is 0 Å². The Bertz CT molecular complexity index is 1390. The van der Waals surface area contributed by atoms with Crippen molar-refractivity contribution in [3.05, 3.63) is 83.7 Å². The van der Waals surface area contributed by atoms with E-state index in [0.717, 1.165) is 24.3 Å². The predicted molar refractivity (Wildman–Crippen MR) is 118 cm³/mol. The molecule has 0 bridgehead atoms. The third-order valence-electron chi connectivity index (χ3n) is 6.79. The monoisotopic (exact) mass is 521 g/mol. The number of fused-ring (bicyclic) bond motifs is 1. The van der Waals surface area contributed by atoms with E-state index in [1.54, 1.807) is 11.6 Å². The van der Waals surface area contributed by atoms with Crippen LogP contribution in [-0.4, -0.2) is 42.8 Å². The maximum absolute atomic E-state index is 14.9. The van der Waals surface area contributed by atoms with E-state index in [9.17, 15) is 27.1 Å². The van der Waals surface area contributed by atoms with Gasteiger partial charge in [0, 0.05) is 29.8 Å². The third kappa shape index (κ3) is 4.83. The van der Waals surface area contributed by atoms with Crippen LogP contribution in [0.3, 0.4) is 0 Å². The van der Waals surface area contributed by atoms with Crippen molar-refractivity contribution < 1.29 is 36.4 Å². The van der Waals surface area contributed by atoms with Gasteiger partial charge in [0.25, 0.3) is 5.82 Å². The van der Waals surface area contributed by atoms with Crippen molar-refractivity contribution in [3.63, 3.8) is 0 Å². The number of hydrogen-bond acceptors (Lipinski definition) is 4. The van der Waals surface area contributed by atoms with E-state index in [1.807, 2.05) is 4.90 Å². The molecule has 3 heterocycles. The molecule has 0 fully saturated rings. The zero-order valence-corrected chi connectivity index (χ0v) is 19.7. The Kier molecular flexibility index (Phi) is 6.28. The maximum atomic E-state index is 14.9. The second kappa shape index (κ2) is 9.30. The van der Waals surface area contributed by atoms with Crippen molar-refractivity contribution in [2.75, 3.05) is 6.54 Å². The van der Waals surface area contributed by atoms with E-state index in [2.05, 4.69) is 20.2 Å². The Labute approximate surface area is 208 Å². The van der Waals surface area contributed by atoms with E-state index in [1.165, 1.54) is 35.5 Å². The van der Waals surface area contributed by atoms with Gasteiger partial charge >= 0.3 is 18.3 Å². The number of aliphatic hydroxyl groups is 1. The molecule has 194 valence electrons. The van der Waals surface area contributed by atoms with Crippen LogP contribution in [0.4, 0.5) is 22.0 Å². The molecule has 2 atom stereocenters. The fourth-order valence-electron chi connectivity index (χ4n) is 4.66. The molecule has 2 aromatic carbocycles. The molecule has 0 amide bonds. The number of nitrogens with one attached hydrogen (secondary N) is 2. The summed E-state index contributed by atoms with van der Waals surface area (Å²) >= 11 is 0. The zero-order valence-electron chi connectivity index (χ0n) is 19.7. The Hall–Kier alpha value is -3.71. The Morgan fingerprint density at radius 3 is 2.54 bits per heavy atom. The standard InChI is InChI=1S/C24H22F5N7O/c1-15(23(37,12-35-14-30-13-31-35)19-7-6-18(25)10-20(19)26)34-8-9-36-21(11-34)32-22(33-36)16-2-4-17(5-3-16)24(27,28)29/h2-7,10,13-15,37H,8-9,11-12H2,1H3/p+2/t15-,23-/m1/s1. The number of rotatable bonds is 6. The first-order chi connectivity index (χ1) is 17.5. The van der Waals surface area contributed by atoms with Crippen LogP contribution in [0.2, 0.25) is 0 Å². The number of hydrogen-bond donors (Lipinski definition) is 3. The van der Waals surface area contributed by atoms with Crippen molar-refractivity contribution in [3.8, 4) is 11.4 Å². The molecule has 2 aromatic heterocycles. The maximum Gasteiger partial charge on any atom is 0.416 e. The summed E-state index contributed by atoms with van der Waals surface area (Å²) in [4.78, 5) is 10.4. The van der Waals surface area contributed by atoms with E-state index in [4.69, 9.17) is 0 Å². The molecule has 1 aliphatic heterocycles. The Balaban J connectivity index is 1.42. The average Bonchev–Trinajstić information content (AvgIpc) is 3.52. The van der Waals surface area contributed by atoms with Crippen LogP contribution < -0.4 is 9.36 Å². The summed E-state index contributed by atoms with van der Waals surface area (Å²) in [5, 5.41) is 17.8. The van der Waals surface area contributed by atoms with Crippen molar-refractivity contribution in [2.24, 2.45) is 0 Å². The van der Waals surface area contributed by atoms with Gasteiger partial charge in [0.2, 0.25) is 6.33 Å². The van der Waals surface area contributed by atoms with Crippen LogP contribution in [0.5, 0.6) is 0 Å². The molecule has 0 radical (unpaired) electrons. The topological polar surface area (TPSA) is 88.6 Å². The molecular weight excluding hydrogens is 497 g/mol. The summed E-state index contributed by atoms with van der Waals surface area (Å²) < 4.78 is 70.5. The second-order valence-corrected chi connectivity index (χ2v) is 9.06. The Morgan fingerprint density at radius 2 is 1.89 bits per heavy atom. The number of H-pyrrole nitrogens is 2. The normalized spacial score (nSPS) is 16.8. The van der Waals surface area contributed by atoms with Crippen LogP contribution >= 0.6 is 0 Å². The summed E-state index contributed by atoms with van der Waals surface area (Å²) in [6, 6.07) is 7.13. The van der Waals surface area contributed by atoms with Crippen molar-refractivity contribution >= 4 is 0 Å². The highest BCUT2D eigenvalue weighted by Gasteiger charge is 2.45. The average molecular weight is 521 g/mol. The third-order valence-corrected chi connectivity index (χ3v) is 6.79. The molecule has 3 N–H and O–H groups in total. The first-order valence-electron chi connectivity index (χ1n) is 11.5. The van der Waals surface area contributed by atoms with Crippen molar-refractivity contribution in [1.29, 1.82) is 0 Å². The van der Waals surface area contributed by atoms with Crippen molar-refractivity contribution in [1.82, 2.24) is 25.1 Å². The van der Waals surface area contributed by atoms with Crippen LogP contribution in [0, 0.1) is 11.6 Å². The molecular formula is C24H24F5N7O+2. The molecule has 13 heteroatoms. The molecule has 0 spiro atoms. The van der Waals surface area contributed by atoms with Gasteiger partial charge < -0.3 is 5.11 Å². The number of nitrogens with zero attached hydrogens (tertiary/aromatic N) is 5. The molecule has 4 aromatic rings. The molecule has 0 saturated heterocycles. The summed E-state index contributed by atoms with van der Waals surface area (Å²) in [6.45, 7) is 2.86. The molecule has 0 unspecified atom stereocenters. The quantitative estimate of drug-likeness (QED) is 0.269. The minimum atomic E-state index is -4.43. The summed E-state index contributed by atoms with van der Waals surface area (Å²) in [6.07, 6.45) is -1.56. The number of aromatic amines is 2. The highest BCUT2D eigenvalue weighted by molar-refractivity contribution is 5.54. The number of halogens is 5. The van der Waals surface area contributed by atoms with Gasteiger partial charge in [0.15, 0.2) is 0 Å². The van der Waals surface area contributed by atoms with Gasteiger partial charge in [0.1, 0.15) is 36.9 Å². The van der Waals surface area contributed by atoms with Gasteiger partial charge in [-0.1, -0.05) is 6.07 Å². The van der Waals surface area contributed by atoms with E-state index < -0.39 is 35.0 Å². The fourth-order valence-corrected chi connectivity index (χ4v) is 4.66. The van der Waals surface area contributed by atoms with Gasteiger partial charge in [0.05, 0.1) is 5.56 Å². The summed E-state index contributed by atoms with van der Waals surface area (Å²) in [5.41, 5.74) is -2.09. The summed E-state index contributed by atoms with van der Waals surface area (Å²) in [7, 11) is 0. The lowest BCUT2D eigenvalue weighted by molar-refractivity contribution is -0.768. The van der Waals surface area contributed by atoms with Crippen LogP contribution in [0.1, 0.15) is 23.9 Å². The van der Waals surface area contributed by atoms with Gasteiger partial charge in [-0.3, -0.25) is 4.90 Å². The second-order valence-electron chi connectivity index (χ2n) is 9.06. The first-order valence-corrected chi connectivity index (χ1v) is 11.5. The first kappa shape index (κ1) is 25.0. The lowest BCUT2D eigenvalue weighted by atomic mass is 9.85. The molecule has 8 nitrogen and oxygen atoms in total. The van der Waals surface area contributed by atoms with Gasteiger partial charge in [-0.2, -0.15) is 32.7 Å². The van der Waals surface area contributed by atoms with Crippen molar-refractivity contribution in [2.45, 2.75) is 44.4 Å². The lowest BCUT2D eigenvalue weighted by Gasteiger charge is -2.40. The van der Waals surface area contributed by atoms with Crippen LogP contribution in [0.25, 0.3) is 11.4 Å². The fraction of sp³-hybridized carbons (Fsp3) is 0.333. The minimum Gasteiger partial charge on any atom is -0.379 e. The zero-order chi connectivity index (χ0) is 26.4. The molecule has 5 rings (SSSR count). The largest absolute Gasteiger partial charge is 0.416 e. The van der Waals surface area contributed by atoms with Gasteiger partial charge in [-0.05, 0) is 47.2 Å². The highest BCUT2D eigenvalue weighted by Crippen LogP contribution is 2.33. The van der Waals surface area contributed by atoms with E-state index in [-0.39, 0.29) is 18.7 Å². The minimum absolute atomic E-state index is 0.0607.